The van der Waals surface area contributed by atoms with Gasteiger partial charge < -0.3 is 15.0 Å². The van der Waals surface area contributed by atoms with Crippen LogP contribution in [0.4, 0.5) is 18.9 Å². The lowest BCUT2D eigenvalue weighted by Gasteiger charge is -2.22. The second kappa shape index (κ2) is 8.12. The summed E-state index contributed by atoms with van der Waals surface area (Å²) in [6.45, 7) is 2.98. The number of hydrogen-bond donors (Lipinski definition) is 2. The van der Waals surface area contributed by atoms with Crippen LogP contribution >= 0.6 is 11.3 Å². The summed E-state index contributed by atoms with van der Waals surface area (Å²) in [5.41, 5.74) is -0.333. The third kappa shape index (κ3) is 5.27. The number of aromatic nitrogens is 3. The molecule has 0 fully saturated rings. The summed E-state index contributed by atoms with van der Waals surface area (Å²) < 4.78 is 63.1. The molecule has 0 saturated carbocycles. The Hall–Kier alpha value is -2.51. The molecule has 0 bridgehead atoms. The molecular formula is C19H21F3N4O4S2. The topological polar surface area (TPSA) is 114 Å². The minimum absolute atomic E-state index is 0.0997. The predicted molar refractivity (Wildman–Crippen MR) is 114 cm³/mol. The van der Waals surface area contributed by atoms with E-state index in [1.807, 2.05) is 0 Å². The maximum atomic E-state index is 12.8. The molecule has 2 aromatic heterocycles. The normalized spacial score (nSPS) is 13.0. The molecule has 0 aliphatic rings. The van der Waals surface area contributed by atoms with Gasteiger partial charge in [0.25, 0.3) is 5.91 Å². The number of nitrogens with zero attached hydrogens (tertiary/aromatic N) is 3. The van der Waals surface area contributed by atoms with Gasteiger partial charge in [-0.15, -0.1) is 11.3 Å². The highest BCUT2D eigenvalue weighted by Crippen LogP contribution is 2.34. The minimum Gasteiger partial charge on any atom is -0.386 e. The molecule has 8 nitrogen and oxygen atoms in total. The van der Waals surface area contributed by atoms with Crippen molar-refractivity contribution in [3.63, 3.8) is 0 Å². The van der Waals surface area contributed by atoms with Crippen molar-refractivity contribution in [3.8, 4) is 0 Å². The van der Waals surface area contributed by atoms with E-state index in [-0.39, 0.29) is 23.4 Å². The van der Waals surface area contributed by atoms with Gasteiger partial charge in [-0.3, -0.25) is 4.79 Å². The first-order valence-corrected chi connectivity index (χ1v) is 12.2. The summed E-state index contributed by atoms with van der Waals surface area (Å²) in [6, 6.07) is 3.09. The molecule has 0 unspecified atom stereocenters. The molecule has 32 heavy (non-hydrogen) atoms. The van der Waals surface area contributed by atoms with Gasteiger partial charge in [0.05, 0.1) is 22.4 Å². The second-order valence-corrected chi connectivity index (χ2v) is 11.0. The number of sulfone groups is 1. The summed E-state index contributed by atoms with van der Waals surface area (Å²) in [5, 5.41) is 13.0. The van der Waals surface area contributed by atoms with Crippen molar-refractivity contribution in [3.05, 3.63) is 39.6 Å². The molecule has 3 aromatic rings. The van der Waals surface area contributed by atoms with E-state index in [2.05, 4.69) is 15.3 Å². The van der Waals surface area contributed by atoms with Gasteiger partial charge in [0.15, 0.2) is 5.01 Å². The highest BCUT2D eigenvalue weighted by atomic mass is 32.2. The lowest BCUT2D eigenvalue weighted by atomic mass is 9.95. The zero-order chi connectivity index (χ0) is 24.1. The molecule has 0 radical (unpaired) electrons. The smallest absolute Gasteiger partial charge is 0.386 e. The number of imidazole rings is 1. The number of fused-ring (bicyclic) bond motifs is 1. The summed E-state index contributed by atoms with van der Waals surface area (Å²) >= 11 is 0.311. The largest absolute Gasteiger partial charge is 0.443 e. The van der Waals surface area contributed by atoms with Crippen molar-refractivity contribution in [2.75, 3.05) is 17.3 Å². The van der Waals surface area contributed by atoms with Gasteiger partial charge in [-0.2, -0.15) is 13.2 Å². The van der Waals surface area contributed by atoms with Gasteiger partial charge in [-0.1, -0.05) is 0 Å². The van der Waals surface area contributed by atoms with E-state index in [0.29, 0.717) is 28.2 Å². The number of alkyl halides is 3. The van der Waals surface area contributed by atoms with Gasteiger partial charge in [0.2, 0.25) is 0 Å². The fourth-order valence-corrected chi connectivity index (χ4v) is 4.31. The molecule has 174 valence electrons. The highest BCUT2D eigenvalue weighted by molar-refractivity contribution is 7.90. The molecule has 0 spiro atoms. The van der Waals surface area contributed by atoms with E-state index in [4.69, 9.17) is 0 Å². The van der Waals surface area contributed by atoms with Gasteiger partial charge in [-0.25, -0.2) is 18.4 Å². The molecule has 2 N–H and O–H groups in total. The predicted octanol–water partition coefficient (Wildman–Crippen LogP) is 3.12. The van der Waals surface area contributed by atoms with Gasteiger partial charge in [-0.05, 0) is 26.0 Å². The van der Waals surface area contributed by atoms with Crippen LogP contribution in [0.25, 0.3) is 11.0 Å². The van der Waals surface area contributed by atoms with Crippen LogP contribution in [0.2, 0.25) is 0 Å². The molecule has 0 atom stereocenters. The van der Waals surface area contributed by atoms with Gasteiger partial charge >= 0.3 is 6.18 Å². The van der Waals surface area contributed by atoms with Crippen molar-refractivity contribution in [2.24, 2.45) is 7.05 Å². The van der Waals surface area contributed by atoms with Crippen molar-refractivity contribution < 1.29 is 31.5 Å². The lowest BCUT2D eigenvalue weighted by molar-refractivity contribution is -0.137. The first-order chi connectivity index (χ1) is 14.6. The number of carbonyl (C=O) groups excluding carboxylic acids is 1. The summed E-state index contributed by atoms with van der Waals surface area (Å²) in [5.74, 6) is -0.469. The van der Waals surface area contributed by atoms with Crippen molar-refractivity contribution in [2.45, 2.75) is 32.0 Å². The molecule has 2 heterocycles. The van der Waals surface area contributed by atoms with Crippen molar-refractivity contribution >= 4 is 43.8 Å². The van der Waals surface area contributed by atoms with Crippen molar-refractivity contribution in [1.29, 1.82) is 0 Å². The Balaban J connectivity index is 2.02. The first kappa shape index (κ1) is 24.1. The Labute approximate surface area is 186 Å². The maximum absolute atomic E-state index is 12.8. The number of carbonyl (C=O) groups is 1. The fourth-order valence-electron chi connectivity index (χ4n) is 3.09. The average Bonchev–Trinajstić information content (AvgIpc) is 3.24. The highest BCUT2D eigenvalue weighted by Gasteiger charge is 2.35. The molecule has 0 aliphatic carbocycles. The molecular weight excluding hydrogens is 469 g/mol. The molecule has 13 heteroatoms. The maximum Gasteiger partial charge on any atom is 0.443 e. The SMILES string of the molecule is Cn1c(CCS(C)(=O)=O)nc2cc(C(C)(C)O)c(NC(=O)c3csc(C(F)(F)F)n3)cc21. The van der Waals surface area contributed by atoms with Crippen LogP contribution in [0.15, 0.2) is 17.5 Å². The van der Waals surface area contributed by atoms with E-state index in [9.17, 15) is 31.5 Å². The molecule has 0 saturated heterocycles. The van der Waals surface area contributed by atoms with E-state index in [0.717, 1.165) is 11.6 Å². The fraction of sp³-hybridized carbons (Fsp3) is 0.421. The second-order valence-electron chi connectivity index (χ2n) is 7.90. The van der Waals surface area contributed by atoms with Gasteiger partial charge in [0, 0.05) is 36.4 Å². The summed E-state index contributed by atoms with van der Waals surface area (Å²) in [4.78, 5) is 20.4. The Morgan fingerprint density at radius 3 is 2.44 bits per heavy atom. The van der Waals surface area contributed by atoms with Crippen LogP contribution in [-0.2, 0) is 35.1 Å². The number of halogens is 3. The van der Waals surface area contributed by atoms with Crippen LogP contribution in [0.3, 0.4) is 0 Å². The molecule has 1 amide bonds. The van der Waals surface area contributed by atoms with E-state index < -0.39 is 38.2 Å². The number of aliphatic hydroxyl groups is 1. The minimum atomic E-state index is -4.66. The molecule has 0 aliphatic heterocycles. The summed E-state index contributed by atoms with van der Waals surface area (Å²) in [6.07, 6.45) is -3.36. The lowest BCUT2D eigenvalue weighted by Crippen LogP contribution is -2.21. The average molecular weight is 491 g/mol. The zero-order valence-corrected chi connectivity index (χ0v) is 19.2. The number of anilines is 1. The monoisotopic (exact) mass is 490 g/mol. The standard InChI is InChI=1S/C19H21F3N4O4S2/c1-18(2,28)10-7-12-14(26(3)15(23-12)5-6-32(4,29)30)8-11(10)24-16(27)13-9-31-17(25-13)19(20,21)22/h7-9,28H,5-6H2,1-4H3,(H,24,27). The summed E-state index contributed by atoms with van der Waals surface area (Å²) in [7, 11) is -1.53. The van der Waals surface area contributed by atoms with E-state index in [1.165, 1.54) is 19.9 Å². The molecule has 1 aromatic carbocycles. The number of aryl methyl sites for hydroxylation is 2. The molecule has 3 rings (SSSR count). The third-order valence-corrected chi connectivity index (χ3v) is 6.53. The third-order valence-electron chi connectivity index (χ3n) is 4.70. The van der Waals surface area contributed by atoms with Crippen LogP contribution in [0, 0.1) is 0 Å². The zero-order valence-electron chi connectivity index (χ0n) is 17.6. The Kier molecular flexibility index (Phi) is 6.13. The van der Waals surface area contributed by atoms with Gasteiger partial charge in [0.1, 0.15) is 21.4 Å². The van der Waals surface area contributed by atoms with Crippen LogP contribution in [0.5, 0.6) is 0 Å². The number of nitrogens with one attached hydrogen (secondary N) is 1. The van der Waals surface area contributed by atoms with E-state index >= 15 is 0 Å². The van der Waals surface area contributed by atoms with Crippen LogP contribution in [-0.4, -0.2) is 46.0 Å². The Bertz CT molecular complexity index is 1290. The Morgan fingerprint density at radius 2 is 1.91 bits per heavy atom. The quantitative estimate of drug-likeness (QED) is 0.549. The number of hydrogen-bond acceptors (Lipinski definition) is 7. The number of benzene rings is 1. The Morgan fingerprint density at radius 1 is 1.25 bits per heavy atom. The van der Waals surface area contributed by atoms with E-state index in [1.54, 1.807) is 17.7 Å². The number of thiazole rings is 1. The van der Waals surface area contributed by atoms with Crippen LogP contribution < -0.4 is 5.32 Å². The first-order valence-electron chi connectivity index (χ1n) is 9.30. The number of amides is 1. The van der Waals surface area contributed by atoms with Crippen molar-refractivity contribution in [1.82, 2.24) is 14.5 Å². The van der Waals surface area contributed by atoms with Crippen LogP contribution in [0.1, 0.15) is 40.7 Å². The number of rotatable bonds is 6.